The molecule has 4 heterocycles. The number of nitrogens with zero attached hydrogens (tertiary/aromatic N) is 4. The number of unbranched alkanes of at least 4 members (excludes halogenated alkanes) is 1. The predicted octanol–water partition coefficient (Wildman–Crippen LogP) is 1.62. The zero-order chi connectivity index (χ0) is 36.8. The number of carbonyl (C=O) groups is 4. The number of hydrogen-bond acceptors (Lipinski definition) is 11. The smallest absolute Gasteiger partial charge is 0.319 e. The van der Waals surface area contributed by atoms with Crippen molar-refractivity contribution in [1.29, 1.82) is 0 Å². The van der Waals surface area contributed by atoms with E-state index in [2.05, 4.69) is 31.2 Å². The van der Waals surface area contributed by atoms with Gasteiger partial charge in [-0.15, -0.1) is 0 Å². The van der Waals surface area contributed by atoms with E-state index < -0.39 is 46.4 Å². The van der Waals surface area contributed by atoms with E-state index in [0.29, 0.717) is 74.6 Å². The first kappa shape index (κ1) is 37.0. The molecule has 3 unspecified atom stereocenters. The van der Waals surface area contributed by atoms with Crippen LogP contribution in [0.4, 0.5) is 16.2 Å². The molecular formula is C35H42N8O8S. The first-order valence-electron chi connectivity index (χ1n) is 17.2. The van der Waals surface area contributed by atoms with Crippen molar-refractivity contribution >= 4 is 45.2 Å². The number of piperazine rings is 1. The highest BCUT2D eigenvalue weighted by molar-refractivity contribution is 7.89. The van der Waals surface area contributed by atoms with E-state index in [9.17, 15) is 37.8 Å². The highest BCUT2D eigenvalue weighted by Gasteiger charge is 2.46. The Kier molecular flexibility index (Phi) is 11.6. The number of sulfonamides is 1. The molecule has 0 radical (unpaired) electrons. The predicted molar refractivity (Wildman–Crippen MR) is 189 cm³/mol. The van der Waals surface area contributed by atoms with Gasteiger partial charge in [0.15, 0.2) is 0 Å². The molecule has 3 atom stereocenters. The standard InChI is InChI=1S/C35H42N8O8S/c44-29(39-27-7-3-6-26-31(27)34(48)43(33(26)47)28-13-14-30(45)40-32(28)46)8-1-2-16-41-17-19-42(20-18-41)52(50,51)25-11-9-24(10-12-25)38-35(49)37-22-23-5-4-15-36-21-23/h3-7,9-12,15,21,28,33-34,47-48H,1-2,8,13-14,16-20,22H2,(H,39,44)(H2,37,38,49)(H,40,45,46). The maximum atomic E-state index is 13.3. The number of anilines is 2. The van der Waals surface area contributed by atoms with E-state index in [1.54, 1.807) is 48.8 Å². The minimum absolute atomic E-state index is 0.0896. The average molecular weight is 735 g/mol. The fourth-order valence-electron chi connectivity index (χ4n) is 6.70. The van der Waals surface area contributed by atoms with Crippen molar-refractivity contribution in [2.45, 2.75) is 62.0 Å². The minimum Gasteiger partial charge on any atom is -0.374 e. The summed E-state index contributed by atoms with van der Waals surface area (Å²) in [4.78, 5) is 56.7. The van der Waals surface area contributed by atoms with Crippen LogP contribution in [0.1, 0.15) is 61.3 Å². The first-order chi connectivity index (χ1) is 25.0. The summed E-state index contributed by atoms with van der Waals surface area (Å²) in [5.41, 5.74) is 2.34. The van der Waals surface area contributed by atoms with Crippen molar-refractivity contribution in [2.75, 3.05) is 43.4 Å². The lowest BCUT2D eigenvalue weighted by Crippen LogP contribution is -2.52. The molecule has 6 rings (SSSR count). The number of hydrogen-bond donors (Lipinski definition) is 6. The lowest BCUT2D eigenvalue weighted by atomic mass is 10.0. The summed E-state index contributed by atoms with van der Waals surface area (Å²) in [6.07, 6.45) is 2.41. The third-order valence-corrected chi connectivity index (χ3v) is 11.4. The first-order valence-corrected chi connectivity index (χ1v) is 18.6. The third-order valence-electron chi connectivity index (χ3n) is 9.47. The van der Waals surface area contributed by atoms with Crippen LogP contribution >= 0.6 is 0 Å². The molecule has 0 spiro atoms. The zero-order valence-electron chi connectivity index (χ0n) is 28.4. The van der Waals surface area contributed by atoms with Gasteiger partial charge in [-0.1, -0.05) is 18.2 Å². The molecule has 1 aromatic heterocycles. The molecule has 17 heteroatoms. The fourth-order valence-corrected chi connectivity index (χ4v) is 8.13. The van der Waals surface area contributed by atoms with E-state index in [1.807, 2.05) is 6.07 Å². The molecule has 276 valence electrons. The Morgan fingerprint density at radius 1 is 0.923 bits per heavy atom. The number of fused-ring (bicyclic) bond motifs is 1. The minimum atomic E-state index is -3.72. The highest BCUT2D eigenvalue weighted by Crippen LogP contribution is 2.45. The van der Waals surface area contributed by atoms with Crippen molar-refractivity contribution in [3.63, 3.8) is 0 Å². The van der Waals surface area contributed by atoms with Crippen LogP contribution in [-0.2, 0) is 31.0 Å². The van der Waals surface area contributed by atoms with Gasteiger partial charge in [-0.3, -0.25) is 24.7 Å². The van der Waals surface area contributed by atoms with Crippen LogP contribution in [-0.4, -0.2) is 100 Å². The summed E-state index contributed by atoms with van der Waals surface area (Å²) in [5, 5.41) is 32.5. The van der Waals surface area contributed by atoms with Gasteiger partial charge in [-0.25, -0.2) is 18.1 Å². The molecule has 5 amide bonds. The van der Waals surface area contributed by atoms with Crippen LogP contribution in [0, 0.1) is 0 Å². The second-order valence-electron chi connectivity index (χ2n) is 12.9. The number of piperidine rings is 1. The van der Waals surface area contributed by atoms with Gasteiger partial charge in [-0.2, -0.15) is 4.31 Å². The number of carbonyl (C=O) groups excluding carboxylic acids is 4. The maximum Gasteiger partial charge on any atom is 0.319 e. The molecule has 3 aliphatic heterocycles. The van der Waals surface area contributed by atoms with Crippen LogP contribution in [0.3, 0.4) is 0 Å². The topological polar surface area (TPSA) is 214 Å². The SMILES string of the molecule is O=C1CCC(N2C(O)c3cccc(NC(=O)CCCCN4CCN(S(=O)(=O)c5ccc(NC(=O)NCc6cccnc6)cc5)CC4)c3C2O)C(=O)N1. The quantitative estimate of drug-likeness (QED) is 0.116. The van der Waals surface area contributed by atoms with Crippen LogP contribution < -0.4 is 21.3 Å². The number of aliphatic hydroxyl groups is 2. The molecule has 52 heavy (non-hydrogen) atoms. The second kappa shape index (κ2) is 16.3. The summed E-state index contributed by atoms with van der Waals surface area (Å²) in [6, 6.07) is 13.3. The lowest BCUT2D eigenvalue weighted by Gasteiger charge is -2.34. The molecule has 0 aliphatic carbocycles. The van der Waals surface area contributed by atoms with Crippen molar-refractivity contribution in [3.05, 3.63) is 83.7 Å². The number of pyridine rings is 1. The largest absolute Gasteiger partial charge is 0.374 e. The molecule has 3 aromatic rings. The number of aromatic nitrogens is 1. The van der Waals surface area contributed by atoms with Gasteiger partial charge in [0, 0.05) is 80.5 Å². The summed E-state index contributed by atoms with van der Waals surface area (Å²) < 4.78 is 28.1. The Balaban J connectivity index is 0.917. The van der Waals surface area contributed by atoms with Crippen LogP contribution in [0.2, 0.25) is 0 Å². The molecule has 0 bridgehead atoms. The van der Waals surface area contributed by atoms with E-state index in [0.717, 1.165) is 5.56 Å². The molecule has 2 aromatic carbocycles. The number of imide groups is 1. The third kappa shape index (κ3) is 8.46. The van der Waals surface area contributed by atoms with Gasteiger partial charge in [-0.05, 0) is 67.8 Å². The lowest BCUT2D eigenvalue weighted by molar-refractivity contribution is -0.154. The van der Waals surface area contributed by atoms with Gasteiger partial charge in [0.2, 0.25) is 27.7 Å². The molecule has 16 nitrogen and oxygen atoms in total. The second-order valence-corrected chi connectivity index (χ2v) is 14.9. The Morgan fingerprint density at radius 2 is 1.69 bits per heavy atom. The molecule has 2 fully saturated rings. The van der Waals surface area contributed by atoms with E-state index in [4.69, 9.17) is 0 Å². The van der Waals surface area contributed by atoms with Crippen molar-refractivity contribution in [2.24, 2.45) is 0 Å². The summed E-state index contributed by atoms with van der Waals surface area (Å²) in [5.74, 6) is -1.26. The molecular weight excluding hydrogens is 692 g/mol. The number of amides is 5. The van der Waals surface area contributed by atoms with E-state index in [1.165, 1.54) is 21.3 Å². The number of rotatable bonds is 12. The zero-order valence-corrected chi connectivity index (χ0v) is 29.2. The summed E-state index contributed by atoms with van der Waals surface area (Å²) >= 11 is 0. The van der Waals surface area contributed by atoms with Crippen LogP contribution in [0.15, 0.2) is 71.9 Å². The van der Waals surface area contributed by atoms with Gasteiger partial charge >= 0.3 is 6.03 Å². The number of aliphatic hydroxyl groups excluding tert-OH is 2. The van der Waals surface area contributed by atoms with Crippen molar-refractivity contribution in [1.82, 2.24) is 29.7 Å². The molecule has 6 N–H and O–H groups in total. The van der Waals surface area contributed by atoms with Crippen LogP contribution in [0.25, 0.3) is 0 Å². The molecule has 0 saturated carbocycles. The van der Waals surface area contributed by atoms with Crippen molar-refractivity contribution in [3.8, 4) is 0 Å². The van der Waals surface area contributed by atoms with Gasteiger partial charge in [0.25, 0.3) is 0 Å². The average Bonchev–Trinajstić information content (AvgIpc) is 3.39. The van der Waals surface area contributed by atoms with E-state index >= 15 is 0 Å². The number of nitrogens with one attached hydrogen (secondary N) is 4. The van der Waals surface area contributed by atoms with Crippen LogP contribution in [0.5, 0.6) is 0 Å². The Bertz CT molecular complexity index is 1890. The Hall–Kier alpha value is -4.78. The summed E-state index contributed by atoms with van der Waals surface area (Å²) in [7, 11) is -3.72. The monoisotopic (exact) mass is 734 g/mol. The number of benzene rings is 2. The highest BCUT2D eigenvalue weighted by atomic mass is 32.2. The van der Waals surface area contributed by atoms with E-state index in [-0.39, 0.29) is 30.1 Å². The molecule has 3 aliphatic rings. The Labute approximate surface area is 301 Å². The fraction of sp³-hybridized carbons (Fsp3) is 0.400. The number of urea groups is 1. The van der Waals surface area contributed by atoms with Gasteiger partial charge in [0.1, 0.15) is 12.5 Å². The summed E-state index contributed by atoms with van der Waals surface area (Å²) in [6.45, 7) is 2.73. The van der Waals surface area contributed by atoms with Gasteiger partial charge < -0.3 is 31.1 Å². The van der Waals surface area contributed by atoms with Gasteiger partial charge in [0.05, 0.1) is 10.9 Å². The Morgan fingerprint density at radius 3 is 2.40 bits per heavy atom. The van der Waals surface area contributed by atoms with Crippen molar-refractivity contribution < 1.29 is 37.8 Å². The normalized spacial score (nSPS) is 21.3. The maximum absolute atomic E-state index is 13.3. The molecule has 2 saturated heterocycles.